The first-order chi connectivity index (χ1) is 21.1. The van der Waals surface area contributed by atoms with E-state index in [4.69, 9.17) is 19.4 Å². The normalized spacial score (nSPS) is 24.3. The Labute approximate surface area is 249 Å². The molecule has 2 atom stereocenters. The zero-order valence-electron chi connectivity index (χ0n) is 24.2. The number of hydrogen-bond donors (Lipinski definition) is 2. The summed E-state index contributed by atoms with van der Waals surface area (Å²) in [4.78, 5) is 14.8. The van der Waals surface area contributed by atoms with E-state index in [1.165, 1.54) is 12.8 Å². The van der Waals surface area contributed by atoms with Crippen molar-refractivity contribution >= 4 is 27.5 Å². The standard InChI is InChI=1S/C34H36FN5O3/c35-30-28(25-14-23(41)13-20-5-1-2-6-24(20)25)26-17-42-18-27(26)29-31(30)37-33(43-19-34-9-3-11-40(34)12-4-10-34)38-32(29)39-15-21-7-8-22(16-39)36-21/h1-2,5-6,13-14,21-22,36,41H,3-4,7-12,15-19H2. The van der Waals surface area contributed by atoms with Crippen LogP contribution in [-0.4, -0.2) is 70.4 Å². The molecule has 8 nitrogen and oxygen atoms in total. The summed E-state index contributed by atoms with van der Waals surface area (Å²) in [6.45, 7) is 5.03. The van der Waals surface area contributed by atoms with Gasteiger partial charge in [0.15, 0.2) is 5.82 Å². The van der Waals surface area contributed by atoms with Crippen molar-refractivity contribution < 1.29 is 19.0 Å². The number of ether oxygens (including phenoxy) is 2. The Balaban J connectivity index is 1.25. The van der Waals surface area contributed by atoms with Crippen LogP contribution in [0.25, 0.3) is 32.8 Å². The van der Waals surface area contributed by atoms with Crippen LogP contribution in [0.2, 0.25) is 0 Å². The molecule has 4 fully saturated rings. The highest BCUT2D eigenvalue weighted by atomic mass is 19.1. The molecule has 4 aromatic rings. The minimum absolute atomic E-state index is 0.0304. The Kier molecular flexibility index (Phi) is 5.87. The number of aromatic hydroxyl groups is 1. The minimum atomic E-state index is -0.414. The summed E-state index contributed by atoms with van der Waals surface area (Å²) < 4.78 is 29.7. The number of nitrogens with zero attached hydrogens (tertiary/aromatic N) is 4. The number of halogens is 1. The van der Waals surface area contributed by atoms with Crippen LogP contribution < -0.4 is 15.0 Å². The van der Waals surface area contributed by atoms with E-state index in [1.54, 1.807) is 12.1 Å². The Bertz CT molecular complexity index is 1760. The van der Waals surface area contributed by atoms with Gasteiger partial charge in [-0.05, 0) is 91.2 Å². The molecule has 2 bridgehead atoms. The SMILES string of the molecule is Oc1cc(-c2c3c(c4c(N5CC6CCC(C5)N6)nc(OCC56CCCN5CCC6)nc4c2F)COC3)c2ccccc2c1. The summed E-state index contributed by atoms with van der Waals surface area (Å²) in [6.07, 6.45) is 6.86. The van der Waals surface area contributed by atoms with Crippen LogP contribution >= 0.6 is 0 Å². The zero-order chi connectivity index (χ0) is 28.7. The van der Waals surface area contributed by atoms with E-state index in [0.717, 1.165) is 85.0 Å². The summed E-state index contributed by atoms with van der Waals surface area (Å²) in [5, 5.41) is 16.8. The third-order valence-electron chi connectivity index (χ3n) is 10.7. The minimum Gasteiger partial charge on any atom is -0.508 e. The third kappa shape index (κ3) is 4.05. The third-order valence-corrected chi connectivity index (χ3v) is 10.7. The lowest BCUT2D eigenvalue weighted by Crippen LogP contribution is -2.51. The number of nitrogens with one attached hydrogen (secondary N) is 1. The van der Waals surface area contributed by atoms with Crippen molar-refractivity contribution in [3.05, 3.63) is 53.3 Å². The first-order valence-corrected chi connectivity index (χ1v) is 15.8. The lowest BCUT2D eigenvalue weighted by atomic mass is 9.90. The van der Waals surface area contributed by atoms with Crippen molar-refractivity contribution in [3.63, 3.8) is 0 Å². The van der Waals surface area contributed by atoms with Crippen molar-refractivity contribution in [2.24, 2.45) is 0 Å². The van der Waals surface area contributed by atoms with Gasteiger partial charge in [-0.15, -0.1) is 0 Å². The van der Waals surface area contributed by atoms with Gasteiger partial charge in [-0.3, -0.25) is 4.90 Å². The molecular weight excluding hydrogens is 545 g/mol. The summed E-state index contributed by atoms with van der Waals surface area (Å²) in [5.41, 5.74) is 3.13. The first kappa shape index (κ1) is 25.9. The molecule has 2 unspecified atom stereocenters. The number of aromatic nitrogens is 2. The molecular formula is C34H36FN5O3. The molecule has 6 heterocycles. The fraction of sp³-hybridized carbons (Fsp3) is 0.471. The predicted octanol–water partition coefficient (Wildman–Crippen LogP) is 5.27. The van der Waals surface area contributed by atoms with Gasteiger partial charge in [-0.1, -0.05) is 24.3 Å². The molecule has 9 heteroatoms. The number of fused-ring (bicyclic) bond motifs is 7. The maximum atomic E-state index is 17.2. The smallest absolute Gasteiger partial charge is 0.319 e. The average molecular weight is 582 g/mol. The highest BCUT2D eigenvalue weighted by molar-refractivity contribution is 6.04. The fourth-order valence-electron chi connectivity index (χ4n) is 8.70. The van der Waals surface area contributed by atoms with Crippen molar-refractivity contribution in [1.82, 2.24) is 20.2 Å². The van der Waals surface area contributed by atoms with Crippen molar-refractivity contribution in [2.45, 2.75) is 69.4 Å². The first-order valence-electron chi connectivity index (χ1n) is 15.8. The lowest BCUT2D eigenvalue weighted by Gasteiger charge is -2.35. The van der Waals surface area contributed by atoms with Crippen molar-refractivity contribution in [2.75, 3.05) is 37.7 Å². The van der Waals surface area contributed by atoms with Gasteiger partial charge in [0.1, 0.15) is 23.7 Å². The number of phenols is 1. The molecule has 1 aromatic heterocycles. The summed E-state index contributed by atoms with van der Waals surface area (Å²) in [6, 6.07) is 12.2. The van der Waals surface area contributed by atoms with E-state index in [-0.39, 0.29) is 22.8 Å². The summed E-state index contributed by atoms with van der Waals surface area (Å²) in [7, 11) is 0. The Morgan fingerprint density at radius 3 is 2.60 bits per heavy atom. The number of rotatable bonds is 5. The molecule has 0 spiro atoms. The second kappa shape index (κ2) is 9.74. The zero-order valence-corrected chi connectivity index (χ0v) is 24.2. The van der Waals surface area contributed by atoms with Gasteiger partial charge in [0.2, 0.25) is 0 Å². The molecule has 5 aliphatic heterocycles. The Morgan fingerprint density at radius 1 is 1.02 bits per heavy atom. The molecule has 0 radical (unpaired) electrons. The van der Waals surface area contributed by atoms with Gasteiger partial charge >= 0.3 is 6.01 Å². The topological polar surface area (TPSA) is 83.0 Å². The van der Waals surface area contributed by atoms with Crippen LogP contribution in [0.4, 0.5) is 10.2 Å². The largest absolute Gasteiger partial charge is 0.508 e. The van der Waals surface area contributed by atoms with E-state index in [9.17, 15) is 5.11 Å². The highest BCUT2D eigenvalue weighted by Crippen LogP contribution is 2.46. The van der Waals surface area contributed by atoms with Crippen LogP contribution in [-0.2, 0) is 18.0 Å². The predicted molar refractivity (Wildman–Crippen MR) is 163 cm³/mol. The Morgan fingerprint density at radius 2 is 1.79 bits per heavy atom. The number of hydrogen-bond acceptors (Lipinski definition) is 8. The number of benzene rings is 3. The maximum Gasteiger partial charge on any atom is 0.319 e. The van der Waals surface area contributed by atoms with Gasteiger partial charge in [-0.25, -0.2) is 4.39 Å². The summed E-state index contributed by atoms with van der Waals surface area (Å²) >= 11 is 0. The molecule has 4 saturated heterocycles. The van der Waals surface area contributed by atoms with Crippen molar-refractivity contribution in [1.29, 1.82) is 0 Å². The molecule has 0 amide bonds. The van der Waals surface area contributed by atoms with Crippen LogP contribution in [0.15, 0.2) is 36.4 Å². The molecule has 0 saturated carbocycles. The molecule has 5 aliphatic rings. The summed E-state index contributed by atoms with van der Waals surface area (Å²) in [5.74, 6) is 0.434. The maximum absolute atomic E-state index is 17.2. The van der Waals surface area contributed by atoms with Gasteiger partial charge in [0.05, 0.1) is 24.1 Å². The van der Waals surface area contributed by atoms with E-state index in [0.29, 0.717) is 43.0 Å². The van der Waals surface area contributed by atoms with E-state index in [2.05, 4.69) is 15.1 Å². The van der Waals surface area contributed by atoms with Gasteiger partial charge in [-0.2, -0.15) is 9.97 Å². The van der Waals surface area contributed by atoms with E-state index < -0.39 is 5.82 Å². The van der Waals surface area contributed by atoms with Gasteiger partial charge < -0.3 is 24.8 Å². The van der Waals surface area contributed by atoms with E-state index >= 15 is 4.39 Å². The van der Waals surface area contributed by atoms with Crippen LogP contribution in [0, 0.1) is 5.82 Å². The lowest BCUT2D eigenvalue weighted by molar-refractivity contribution is 0.108. The van der Waals surface area contributed by atoms with Crippen molar-refractivity contribution in [3.8, 4) is 22.9 Å². The molecule has 0 aliphatic carbocycles. The van der Waals surface area contributed by atoms with Gasteiger partial charge in [0, 0.05) is 30.7 Å². The molecule has 43 heavy (non-hydrogen) atoms. The quantitative estimate of drug-likeness (QED) is 0.330. The molecule has 3 aromatic carbocycles. The van der Waals surface area contributed by atoms with Crippen LogP contribution in [0.5, 0.6) is 11.8 Å². The highest BCUT2D eigenvalue weighted by Gasteiger charge is 2.45. The average Bonchev–Trinajstić information content (AvgIpc) is 3.80. The van der Waals surface area contributed by atoms with Crippen LogP contribution in [0.1, 0.15) is 49.7 Å². The second-order valence-electron chi connectivity index (χ2n) is 13.2. The monoisotopic (exact) mass is 581 g/mol. The Hall–Kier alpha value is -3.53. The second-order valence-corrected chi connectivity index (χ2v) is 13.2. The molecule has 9 rings (SSSR count). The molecule has 2 N–H and O–H groups in total. The fourth-order valence-corrected chi connectivity index (χ4v) is 8.70. The molecule has 222 valence electrons. The number of anilines is 1. The van der Waals surface area contributed by atoms with Gasteiger partial charge in [0.25, 0.3) is 0 Å². The van der Waals surface area contributed by atoms with Crippen LogP contribution in [0.3, 0.4) is 0 Å². The van der Waals surface area contributed by atoms with E-state index in [1.807, 2.05) is 24.3 Å². The number of piperazine rings is 1. The number of phenolic OH excluding ortho intramolecular Hbond substituents is 1.